The van der Waals surface area contributed by atoms with Gasteiger partial charge in [-0.05, 0) is 31.0 Å². The number of ketones is 1. The highest BCUT2D eigenvalue weighted by molar-refractivity contribution is 5.99. The van der Waals surface area contributed by atoms with Crippen LogP contribution in [-0.4, -0.2) is 48.1 Å². The van der Waals surface area contributed by atoms with Crippen LogP contribution in [0.1, 0.15) is 38.9 Å². The first kappa shape index (κ1) is 19.6. The molecule has 0 spiro atoms. The normalized spacial score (nSPS) is 15.0. The van der Waals surface area contributed by atoms with Gasteiger partial charge in [-0.3, -0.25) is 9.69 Å². The molecule has 0 saturated carbocycles. The highest BCUT2D eigenvalue weighted by Crippen LogP contribution is 2.31. The molecule has 0 atom stereocenters. The zero-order chi connectivity index (χ0) is 20.2. The number of rotatable bonds is 6. The van der Waals surface area contributed by atoms with Gasteiger partial charge in [-0.2, -0.15) is 0 Å². The lowest BCUT2D eigenvalue weighted by molar-refractivity contribution is 0.0371. The summed E-state index contributed by atoms with van der Waals surface area (Å²) in [6.07, 6.45) is 0. The molecule has 29 heavy (non-hydrogen) atoms. The van der Waals surface area contributed by atoms with Crippen molar-refractivity contribution in [2.24, 2.45) is 0 Å². The van der Waals surface area contributed by atoms with Gasteiger partial charge in [0.2, 0.25) is 0 Å². The molecule has 4 heteroatoms. The van der Waals surface area contributed by atoms with E-state index in [4.69, 9.17) is 4.74 Å². The van der Waals surface area contributed by atoms with Crippen molar-refractivity contribution in [2.45, 2.75) is 19.9 Å². The first-order chi connectivity index (χ1) is 14.1. The third-order valence-electron chi connectivity index (χ3n) is 5.74. The number of benzene rings is 2. The number of morpholine rings is 1. The molecule has 0 unspecified atom stereocenters. The van der Waals surface area contributed by atoms with Gasteiger partial charge in [0, 0.05) is 30.0 Å². The van der Waals surface area contributed by atoms with E-state index in [1.54, 1.807) is 0 Å². The van der Waals surface area contributed by atoms with Crippen LogP contribution >= 0.6 is 0 Å². The number of ether oxygens (including phenoxy) is 1. The van der Waals surface area contributed by atoms with E-state index < -0.39 is 0 Å². The van der Waals surface area contributed by atoms with E-state index >= 15 is 0 Å². The van der Waals surface area contributed by atoms with Gasteiger partial charge < -0.3 is 9.30 Å². The Hall–Kier alpha value is -2.69. The number of hydrogen-bond acceptors (Lipinski definition) is 3. The topological polar surface area (TPSA) is 34.5 Å². The van der Waals surface area contributed by atoms with Crippen LogP contribution in [0.3, 0.4) is 0 Å². The molecule has 4 nitrogen and oxygen atoms in total. The molecule has 0 N–H and O–H groups in total. The standard InChI is InChI=1S/C25H28N2O2/c1-19-17-23(24(28)18-26-13-15-29-16-14-26)20(2)27(19)25(21-9-5-3-6-10-21)22-11-7-4-8-12-22/h3-12,17,25H,13-16,18H2,1-2H3. The van der Waals surface area contributed by atoms with E-state index in [1.165, 1.54) is 11.1 Å². The molecule has 1 aromatic heterocycles. The summed E-state index contributed by atoms with van der Waals surface area (Å²) < 4.78 is 7.71. The minimum Gasteiger partial charge on any atom is -0.379 e. The fourth-order valence-corrected chi connectivity index (χ4v) is 4.27. The number of aromatic nitrogens is 1. The Morgan fingerprint density at radius 3 is 2.03 bits per heavy atom. The van der Waals surface area contributed by atoms with Gasteiger partial charge >= 0.3 is 0 Å². The van der Waals surface area contributed by atoms with Gasteiger partial charge in [-0.15, -0.1) is 0 Å². The van der Waals surface area contributed by atoms with Crippen LogP contribution in [0.2, 0.25) is 0 Å². The Kier molecular flexibility index (Phi) is 5.93. The highest BCUT2D eigenvalue weighted by atomic mass is 16.5. The van der Waals surface area contributed by atoms with Crippen molar-refractivity contribution in [1.82, 2.24) is 9.47 Å². The molecular formula is C25H28N2O2. The minimum atomic E-state index is 0.0438. The van der Waals surface area contributed by atoms with Crippen LogP contribution < -0.4 is 0 Å². The number of carbonyl (C=O) groups excluding carboxylic acids is 1. The van der Waals surface area contributed by atoms with Crippen molar-refractivity contribution in [1.29, 1.82) is 0 Å². The first-order valence-corrected chi connectivity index (χ1v) is 10.3. The van der Waals surface area contributed by atoms with Gasteiger partial charge in [-0.25, -0.2) is 0 Å². The van der Waals surface area contributed by atoms with Crippen molar-refractivity contribution in [3.8, 4) is 0 Å². The van der Waals surface area contributed by atoms with Crippen molar-refractivity contribution in [2.75, 3.05) is 32.8 Å². The maximum atomic E-state index is 13.1. The summed E-state index contributed by atoms with van der Waals surface area (Å²) in [6, 6.07) is 23.1. The predicted molar refractivity (Wildman–Crippen MR) is 116 cm³/mol. The lowest BCUT2D eigenvalue weighted by atomic mass is 9.98. The average Bonchev–Trinajstić information content (AvgIpc) is 3.05. The molecular weight excluding hydrogens is 360 g/mol. The van der Waals surface area contributed by atoms with Crippen LogP contribution in [0.5, 0.6) is 0 Å². The third kappa shape index (κ3) is 4.19. The number of hydrogen-bond donors (Lipinski definition) is 0. The van der Waals surface area contributed by atoms with Crippen LogP contribution in [0, 0.1) is 13.8 Å². The Balaban J connectivity index is 1.71. The second-order valence-corrected chi connectivity index (χ2v) is 7.69. The average molecular weight is 389 g/mol. The molecule has 1 saturated heterocycles. The summed E-state index contributed by atoms with van der Waals surface area (Å²) in [6.45, 7) is 7.67. The van der Waals surface area contributed by atoms with Gasteiger partial charge in [0.25, 0.3) is 0 Å². The van der Waals surface area contributed by atoms with Crippen molar-refractivity contribution in [3.05, 3.63) is 94.8 Å². The monoisotopic (exact) mass is 388 g/mol. The van der Waals surface area contributed by atoms with E-state index in [0.29, 0.717) is 19.8 Å². The molecule has 150 valence electrons. The maximum absolute atomic E-state index is 13.1. The van der Waals surface area contributed by atoms with Crippen molar-refractivity contribution in [3.63, 3.8) is 0 Å². The van der Waals surface area contributed by atoms with E-state index in [1.807, 2.05) is 12.1 Å². The van der Waals surface area contributed by atoms with Gasteiger partial charge in [0.1, 0.15) is 0 Å². The summed E-state index contributed by atoms with van der Waals surface area (Å²) >= 11 is 0. The van der Waals surface area contributed by atoms with E-state index in [0.717, 1.165) is 30.0 Å². The Labute approximate surface area is 172 Å². The number of Topliss-reactive ketones (excluding diaryl/α,β-unsaturated/α-hetero) is 1. The number of carbonyl (C=O) groups is 1. The fraction of sp³-hybridized carbons (Fsp3) is 0.320. The Morgan fingerprint density at radius 1 is 0.931 bits per heavy atom. The summed E-state index contributed by atoms with van der Waals surface area (Å²) in [7, 11) is 0. The second-order valence-electron chi connectivity index (χ2n) is 7.69. The molecule has 0 bridgehead atoms. The van der Waals surface area contributed by atoms with Crippen LogP contribution in [0.4, 0.5) is 0 Å². The fourth-order valence-electron chi connectivity index (χ4n) is 4.27. The lowest BCUT2D eigenvalue weighted by Gasteiger charge is -2.26. The Morgan fingerprint density at radius 2 is 1.48 bits per heavy atom. The lowest BCUT2D eigenvalue weighted by Crippen LogP contribution is -2.39. The number of nitrogens with zero attached hydrogens (tertiary/aromatic N) is 2. The summed E-state index contributed by atoms with van der Waals surface area (Å²) in [5.41, 5.74) is 5.38. The SMILES string of the molecule is Cc1cc(C(=O)CN2CCOCC2)c(C)n1C(c1ccccc1)c1ccccc1. The third-order valence-corrected chi connectivity index (χ3v) is 5.74. The number of aryl methyl sites for hydroxylation is 1. The van der Waals surface area contributed by atoms with E-state index in [-0.39, 0.29) is 11.8 Å². The molecule has 1 aliphatic rings. The smallest absolute Gasteiger partial charge is 0.178 e. The molecule has 1 aliphatic heterocycles. The van der Waals surface area contributed by atoms with E-state index in [9.17, 15) is 4.79 Å². The zero-order valence-corrected chi connectivity index (χ0v) is 17.2. The molecule has 0 radical (unpaired) electrons. The maximum Gasteiger partial charge on any atom is 0.178 e. The molecule has 2 aromatic carbocycles. The molecule has 2 heterocycles. The van der Waals surface area contributed by atoms with Gasteiger partial charge in [0.15, 0.2) is 5.78 Å². The molecule has 0 amide bonds. The summed E-state index contributed by atoms with van der Waals surface area (Å²) in [5, 5.41) is 0. The largest absolute Gasteiger partial charge is 0.379 e. The molecule has 4 rings (SSSR count). The van der Waals surface area contributed by atoms with Crippen LogP contribution in [-0.2, 0) is 4.74 Å². The molecule has 1 fully saturated rings. The quantitative estimate of drug-likeness (QED) is 0.592. The summed E-state index contributed by atoms with van der Waals surface area (Å²) in [5.74, 6) is 0.186. The zero-order valence-electron chi connectivity index (χ0n) is 17.2. The van der Waals surface area contributed by atoms with E-state index in [2.05, 4.69) is 77.9 Å². The second kappa shape index (κ2) is 8.76. The van der Waals surface area contributed by atoms with Gasteiger partial charge in [0.05, 0.1) is 25.8 Å². The minimum absolute atomic E-state index is 0.0438. The van der Waals surface area contributed by atoms with Crippen molar-refractivity contribution >= 4 is 5.78 Å². The molecule has 3 aromatic rings. The van der Waals surface area contributed by atoms with Crippen molar-refractivity contribution < 1.29 is 9.53 Å². The van der Waals surface area contributed by atoms with Crippen LogP contribution in [0.15, 0.2) is 66.7 Å². The highest BCUT2D eigenvalue weighted by Gasteiger charge is 2.24. The van der Waals surface area contributed by atoms with Gasteiger partial charge in [-0.1, -0.05) is 60.7 Å². The molecule has 0 aliphatic carbocycles. The predicted octanol–water partition coefficient (Wildman–Crippen LogP) is 4.26. The summed E-state index contributed by atoms with van der Waals surface area (Å²) in [4.78, 5) is 15.3. The van der Waals surface area contributed by atoms with Crippen LogP contribution in [0.25, 0.3) is 0 Å². The first-order valence-electron chi connectivity index (χ1n) is 10.3. The Bertz CT molecular complexity index is 918.